The van der Waals surface area contributed by atoms with Gasteiger partial charge in [-0.15, -0.1) is 102 Å². The van der Waals surface area contributed by atoms with E-state index in [1.165, 1.54) is 206 Å². The van der Waals surface area contributed by atoms with Gasteiger partial charge in [0, 0.05) is 172 Å². The van der Waals surface area contributed by atoms with Crippen molar-refractivity contribution in [2.45, 2.75) is 62.3 Å². The number of nitrogens with zero attached hydrogens (tertiary/aromatic N) is 9. The monoisotopic (exact) mass is 2010 g/mol. The van der Waals surface area contributed by atoms with Crippen molar-refractivity contribution >= 4 is 284 Å². The number of rotatable bonds is 0. The molecule has 18 aromatic carbocycles. The fourth-order valence-corrected chi connectivity index (χ4v) is 28.5. The lowest BCUT2D eigenvalue weighted by atomic mass is 10.1. The number of aryl methyl sites for hydroxylation is 9. The van der Waals surface area contributed by atoms with E-state index in [9.17, 15) is 0 Å². The van der Waals surface area contributed by atoms with E-state index in [4.69, 9.17) is 47.4 Å². The Morgan fingerprint density at radius 3 is 0.833 bits per heavy atom. The van der Waals surface area contributed by atoms with Crippen LogP contribution in [0.2, 0.25) is 0 Å². The third kappa shape index (κ3) is 19.7. The van der Waals surface area contributed by atoms with Crippen molar-refractivity contribution in [2.75, 3.05) is 0 Å². The summed E-state index contributed by atoms with van der Waals surface area (Å²) >= 11 is 15.7. The summed E-state index contributed by atoms with van der Waals surface area (Å²) in [4.78, 5) is 0. The first-order valence-electron chi connectivity index (χ1n) is 46.0. The molecule has 9 heterocycles. The van der Waals surface area contributed by atoms with E-state index in [0.717, 1.165) is 75.6 Å². The lowest BCUT2D eigenvalue weighted by Crippen LogP contribution is -1.76. The normalized spacial score (nSPS) is 10.8. The molecule has 0 saturated heterocycles. The topological polar surface area (TPSA) is 214 Å². The Hall–Kier alpha value is -16.7. The summed E-state index contributed by atoms with van der Waals surface area (Å²) in [5.74, 6) is 0. The Balaban J connectivity index is 0.000000103. The van der Waals surface area contributed by atoms with Crippen LogP contribution in [0.25, 0.3) is 182 Å². The van der Waals surface area contributed by atoms with E-state index in [2.05, 4.69) is 311 Å². The average Bonchev–Trinajstić information content (AvgIpc) is 1.60. The largest absolute Gasteiger partial charge is 0.192 e. The first-order chi connectivity index (χ1) is 70.1. The molecule has 9 nitrogen and oxygen atoms in total. The number of fused-ring (bicyclic) bond motifs is 27. The van der Waals surface area contributed by atoms with Crippen LogP contribution in [0.3, 0.4) is 0 Å². The van der Waals surface area contributed by atoms with Crippen LogP contribution in [0.1, 0.15) is 100 Å². The molecule has 0 unspecified atom stereocenters. The summed E-state index contributed by atoms with van der Waals surface area (Å²) in [7, 11) is 0. The summed E-state index contributed by atoms with van der Waals surface area (Å²) in [6, 6.07) is 131. The second kappa shape index (κ2) is 42.0. The molecule has 27 aromatic rings. The maximum atomic E-state index is 9.14. The van der Waals surface area contributed by atoms with E-state index < -0.39 is 0 Å². The molecule has 18 heteroatoms. The summed E-state index contributed by atoms with van der Waals surface area (Å²) in [5.41, 5.74) is 18.2. The van der Waals surface area contributed by atoms with Crippen molar-refractivity contribution < 1.29 is 0 Å². The Labute approximate surface area is 867 Å². The van der Waals surface area contributed by atoms with Crippen molar-refractivity contribution in [1.82, 2.24) is 0 Å². The van der Waals surface area contributed by atoms with Gasteiger partial charge in [-0.25, -0.2) is 0 Å². The van der Waals surface area contributed by atoms with Gasteiger partial charge in [-0.05, 0) is 272 Å². The van der Waals surface area contributed by atoms with Crippen LogP contribution < -0.4 is 0 Å². The van der Waals surface area contributed by atoms with Gasteiger partial charge in [0.25, 0.3) is 0 Å². The van der Waals surface area contributed by atoms with Gasteiger partial charge in [0.2, 0.25) is 0 Å². The zero-order valence-electron chi connectivity index (χ0n) is 79.4. The van der Waals surface area contributed by atoms with Gasteiger partial charge < -0.3 is 0 Å². The molecule has 0 fully saturated rings. The quantitative estimate of drug-likeness (QED) is 0.141. The van der Waals surface area contributed by atoms with Crippen molar-refractivity contribution in [1.29, 1.82) is 47.4 Å². The SMILES string of the molecule is Cc1ccc2c(c1)sc1c(C#N)cccc12.Cc1ccc2c(c1)sc1cc(C#N)ccc12.Cc1ccc2c(c1)sc1ccc(C#N)cc12.Cc1ccc2c(c1)sc1cccc(C#N)c12.Cc1ccc2sc3c(C#N)cccc3c2c1.Cc1ccc2sc3cc(C#N)ccc3c2c1.Cc1ccc2sc3ccc(C#N)cc3c2c1.Cc1ccc2sc3cccc(C#N)c3c2c1.Cc1cccc2c1sc1cccc(C#N)c12. The number of benzene rings is 18. The molecule has 144 heavy (non-hydrogen) atoms. The minimum absolute atomic E-state index is 0.729. The van der Waals surface area contributed by atoms with E-state index in [0.29, 0.717) is 0 Å². The van der Waals surface area contributed by atoms with Crippen LogP contribution in [0.5, 0.6) is 0 Å². The summed E-state index contributed by atoms with van der Waals surface area (Å²) in [6.45, 7) is 18.9. The lowest BCUT2D eigenvalue weighted by Gasteiger charge is -1.95. The zero-order chi connectivity index (χ0) is 100. The molecule has 0 aliphatic rings. The van der Waals surface area contributed by atoms with Crippen LogP contribution in [-0.4, -0.2) is 0 Å². The predicted molar refractivity (Wildman–Crippen MR) is 619 cm³/mol. The fourth-order valence-electron chi connectivity index (χ4n) is 18.0. The predicted octanol–water partition coefficient (Wildman–Crippen LogP) is 38.1. The summed E-state index contributed by atoms with van der Waals surface area (Å²) < 4.78 is 22.2. The third-order valence-electron chi connectivity index (χ3n) is 25.0. The first kappa shape index (κ1) is 96.2. The van der Waals surface area contributed by atoms with Crippen LogP contribution in [0, 0.1) is 164 Å². The second-order valence-electron chi connectivity index (χ2n) is 35.1. The molecule has 0 atom stereocenters. The number of nitriles is 9. The first-order valence-corrected chi connectivity index (χ1v) is 53.4. The maximum Gasteiger partial charge on any atom is 0.101 e. The van der Waals surface area contributed by atoms with Crippen LogP contribution in [0.15, 0.2) is 328 Å². The smallest absolute Gasteiger partial charge is 0.101 e. The highest BCUT2D eigenvalue weighted by Gasteiger charge is 2.18. The Bertz CT molecular complexity index is 10100. The van der Waals surface area contributed by atoms with Crippen LogP contribution in [0.4, 0.5) is 0 Å². The minimum atomic E-state index is 0.729. The molecule has 0 saturated carbocycles. The van der Waals surface area contributed by atoms with Gasteiger partial charge in [-0.3, -0.25) is 0 Å². The van der Waals surface area contributed by atoms with Crippen molar-refractivity contribution in [2.24, 2.45) is 0 Å². The van der Waals surface area contributed by atoms with Gasteiger partial charge >= 0.3 is 0 Å². The Kier molecular flexibility index (Phi) is 28.1. The molecule has 27 rings (SSSR count). The lowest BCUT2D eigenvalue weighted by molar-refractivity contribution is 1.50. The van der Waals surface area contributed by atoms with Gasteiger partial charge in [-0.1, -0.05) is 168 Å². The highest BCUT2D eigenvalue weighted by molar-refractivity contribution is 7.29. The number of hydrogen-bond acceptors (Lipinski definition) is 18. The van der Waals surface area contributed by atoms with Crippen molar-refractivity contribution in [3.05, 3.63) is 428 Å². The molecule has 684 valence electrons. The average molecular weight is 2010 g/mol. The molecular formula is C126H81N9S9. The van der Waals surface area contributed by atoms with Gasteiger partial charge in [-0.2, -0.15) is 47.4 Å². The number of thiophene rings is 9. The zero-order valence-corrected chi connectivity index (χ0v) is 86.7. The Morgan fingerprint density at radius 1 is 0.146 bits per heavy atom. The summed E-state index contributed by atoms with van der Waals surface area (Å²) in [6.07, 6.45) is 0. The van der Waals surface area contributed by atoms with E-state index in [-0.39, 0.29) is 0 Å². The molecule has 0 bridgehead atoms. The number of hydrogen-bond donors (Lipinski definition) is 0. The standard InChI is InChI=1S/9C14H9NS/c1-9-2-5-13-12(6-9)11-4-3-10(8-15)7-14(11)16-13;1-9-2-4-13-11(6-9)12-7-10(8-15)3-5-14(12)16-13;1-9-2-4-11-12-7-10(8-15)3-5-13(12)16-14(11)6-9;1-9-2-4-11-12-5-3-10(8-15)7-14(12)16-13(11)6-9;1-9-4-2-6-11-13-10(8-15)5-3-7-12(13)16-14(9)11;1-9-5-6-12-11(7-9)14-10(8-15)3-2-4-13(14)16-12;1-9-5-6-11-13(7-9)16-12-4-2-3-10(8-15)14(11)12;1-9-5-6-11-12-4-2-3-10(8-15)14(12)16-13(11)7-9;1-9-5-6-13-12(7-9)11-4-2-3-10(8-15)14(11)16-13/h9*2-7H,1H3. The van der Waals surface area contributed by atoms with Crippen LogP contribution >= 0.6 is 102 Å². The van der Waals surface area contributed by atoms with Crippen LogP contribution in [-0.2, 0) is 0 Å². The fraction of sp³-hybridized carbons (Fsp3) is 0.0714. The van der Waals surface area contributed by atoms with Crippen molar-refractivity contribution in [3.63, 3.8) is 0 Å². The maximum absolute atomic E-state index is 9.14. The third-order valence-corrected chi connectivity index (χ3v) is 35.5. The highest BCUT2D eigenvalue weighted by atomic mass is 32.1. The molecular weight excluding hydrogens is 1930 g/mol. The minimum Gasteiger partial charge on any atom is -0.192 e. The van der Waals surface area contributed by atoms with E-state index >= 15 is 0 Å². The summed E-state index contributed by atoms with van der Waals surface area (Å²) in [5, 5.41) is 103. The molecule has 0 radical (unpaired) electrons. The molecule has 0 aliphatic carbocycles. The van der Waals surface area contributed by atoms with E-state index in [1.54, 1.807) is 102 Å². The van der Waals surface area contributed by atoms with E-state index in [1.807, 2.05) is 133 Å². The van der Waals surface area contributed by atoms with Gasteiger partial charge in [0.05, 0.1) is 102 Å². The molecule has 0 spiro atoms. The second-order valence-corrected chi connectivity index (χ2v) is 44.8. The Morgan fingerprint density at radius 2 is 0.382 bits per heavy atom. The van der Waals surface area contributed by atoms with Crippen molar-refractivity contribution in [3.8, 4) is 54.6 Å². The molecule has 0 amide bonds. The van der Waals surface area contributed by atoms with Gasteiger partial charge in [0.1, 0.15) is 12.1 Å². The van der Waals surface area contributed by atoms with Gasteiger partial charge in [0.15, 0.2) is 0 Å². The molecule has 0 N–H and O–H groups in total. The molecule has 9 aromatic heterocycles. The highest BCUT2D eigenvalue weighted by Crippen LogP contribution is 2.45. The molecule has 0 aliphatic heterocycles.